The molecule has 2 heterocycles. The van der Waals surface area contributed by atoms with Crippen LogP contribution in [0.1, 0.15) is 27.9 Å². The summed E-state index contributed by atoms with van der Waals surface area (Å²) in [6.45, 7) is 1.44. The maximum absolute atomic E-state index is 11.0. The van der Waals surface area contributed by atoms with Gasteiger partial charge >= 0.3 is 0 Å². The summed E-state index contributed by atoms with van der Waals surface area (Å²) in [6.07, 6.45) is 3.09. The van der Waals surface area contributed by atoms with Crippen molar-refractivity contribution in [3.8, 4) is 0 Å². The van der Waals surface area contributed by atoms with Crippen LogP contribution >= 0.6 is 39.1 Å². The van der Waals surface area contributed by atoms with Crippen LogP contribution < -0.4 is 0 Å². The van der Waals surface area contributed by atoms with Gasteiger partial charge in [0.2, 0.25) is 0 Å². The Balaban J connectivity index is 0.000000211. The molecule has 2 rings (SSSR count). The van der Waals surface area contributed by atoms with Crippen molar-refractivity contribution in [2.45, 2.75) is 6.92 Å². The number of ketones is 2. The second kappa shape index (κ2) is 8.87. The van der Waals surface area contributed by atoms with Gasteiger partial charge in [-0.1, -0.05) is 39.1 Å². The highest BCUT2D eigenvalue weighted by atomic mass is 79.9. The second-order valence-corrected chi connectivity index (χ2v) is 5.16. The molecule has 0 fully saturated rings. The first-order chi connectivity index (χ1) is 9.97. The number of Topliss-reactive ketones (excluding diaryl/α,β-unsaturated/α-hetero) is 2. The Bertz CT molecular complexity index is 650. The first-order valence-corrected chi connectivity index (χ1v) is 7.66. The number of alkyl halides is 1. The highest BCUT2D eigenvalue weighted by Crippen LogP contribution is 2.13. The third-order valence-electron chi connectivity index (χ3n) is 2.24. The number of nitrogens with zero attached hydrogens (tertiary/aromatic N) is 2. The van der Waals surface area contributed by atoms with Gasteiger partial charge < -0.3 is 0 Å². The van der Waals surface area contributed by atoms with E-state index < -0.39 is 0 Å². The van der Waals surface area contributed by atoms with E-state index >= 15 is 0 Å². The molecule has 0 N–H and O–H groups in total. The molecule has 0 aliphatic carbocycles. The summed E-state index contributed by atoms with van der Waals surface area (Å²) in [4.78, 5) is 29.4. The van der Waals surface area contributed by atoms with Gasteiger partial charge in [0.25, 0.3) is 0 Å². The van der Waals surface area contributed by atoms with Gasteiger partial charge in [-0.2, -0.15) is 0 Å². The number of carbonyl (C=O) groups excluding carboxylic acids is 2. The molecule has 21 heavy (non-hydrogen) atoms. The number of rotatable bonds is 3. The normalized spacial score (nSPS) is 9.52. The maximum atomic E-state index is 11.0. The van der Waals surface area contributed by atoms with Crippen LogP contribution in [0.3, 0.4) is 0 Å². The van der Waals surface area contributed by atoms with E-state index in [1.54, 1.807) is 36.7 Å². The molecule has 0 spiro atoms. The predicted octanol–water partition coefficient (Wildman–Crippen LogP) is 4.25. The molecule has 0 radical (unpaired) electrons. The van der Waals surface area contributed by atoms with E-state index in [1.165, 1.54) is 6.92 Å². The van der Waals surface area contributed by atoms with Gasteiger partial charge in [0.15, 0.2) is 11.6 Å². The molecule has 2 aromatic rings. The first-order valence-electron chi connectivity index (χ1n) is 5.78. The van der Waals surface area contributed by atoms with Crippen molar-refractivity contribution < 1.29 is 9.59 Å². The maximum Gasteiger partial charge on any atom is 0.193 e. The number of carbonyl (C=O) groups is 2. The van der Waals surface area contributed by atoms with Crippen LogP contribution in [0.15, 0.2) is 36.7 Å². The fourth-order valence-electron chi connectivity index (χ4n) is 1.30. The van der Waals surface area contributed by atoms with Crippen LogP contribution in [0.4, 0.5) is 0 Å². The first kappa shape index (κ1) is 17.8. The van der Waals surface area contributed by atoms with E-state index in [1.807, 2.05) is 0 Å². The molecule has 0 saturated carbocycles. The fraction of sp³-hybridized carbons (Fsp3) is 0.143. The summed E-state index contributed by atoms with van der Waals surface area (Å²) in [5.74, 6) is -0.207. The Labute approximate surface area is 140 Å². The molecule has 110 valence electrons. The summed E-state index contributed by atoms with van der Waals surface area (Å²) in [6, 6.07) is 6.66. The Morgan fingerprint density at radius 2 is 1.52 bits per heavy atom. The number of halogens is 3. The fourth-order valence-corrected chi connectivity index (χ4v) is 2.05. The van der Waals surface area contributed by atoms with Gasteiger partial charge in [-0.05, 0) is 24.3 Å². The van der Waals surface area contributed by atoms with Crippen molar-refractivity contribution >= 4 is 50.7 Å². The quantitative estimate of drug-likeness (QED) is 0.581. The summed E-state index contributed by atoms with van der Waals surface area (Å²) in [5.41, 5.74) is 0.662. The summed E-state index contributed by atoms with van der Waals surface area (Å²) in [7, 11) is 0. The Kier molecular flexibility index (Phi) is 7.50. The van der Waals surface area contributed by atoms with Crippen LogP contribution in [-0.4, -0.2) is 26.9 Å². The van der Waals surface area contributed by atoms with Crippen LogP contribution in [-0.2, 0) is 0 Å². The van der Waals surface area contributed by atoms with E-state index in [4.69, 9.17) is 23.2 Å². The van der Waals surface area contributed by atoms with Crippen molar-refractivity contribution in [1.82, 2.24) is 9.97 Å². The minimum atomic E-state index is -0.106. The lowest BCUT2D eigenvalue weighted by molar-refractivity contribution is 0.100. The number of hydrogen-bond donors (Lipinski definition) is 0. The lowest BCUT2D eigenvalue weighted by Crippen LogP contribution is -2.03. The summed E-state index contributed by atoms with van der Waals surface area (Å²) < 4.78 is 0. The zero-order valence-corrected chi connectivity index (χ0v) is 14.1. The van der Waals surface area contributed by atoms with E-state index in [9.17, 15) is 9.59 Å². The van der Waals surface area contributed by atoms with E-state index in [2.05, 4.69) is 25.9 Å². The van der Waals surface area contributed by atoms with Gasteiger partial charge in [-0.3, -0.25) is 19.6 Å². The van der Waals surface area contributed by atoms with Crippen molar-refractivity contribution in [1.29, 1.82) is 0 Å². The average Bonchev–Trinajstić information content (AvgIpc) is 2.48. The molecule has 0 aromatic carbocycles. The van der Waals surface area contributed by atoms with Crippen molar-refractivity contribution in [3.05, 3.63) is 58.1 Å². The molecule has 0 amide bonds. The zero-order valence-electron chi connectivity index (χ0n) is 11.0. The second-order valence-electron chi connectivity index (χ2n) is 3.78. The lowest BCUT2D eigenvalue weighted by atomic mass is 10.3. The molecule has 4 nitrogen and oxygen atoms in total. The highest BCUT2D eigenvalue weighted by Gasteiger charge is 2.08. The molecule has 7 heteroatoms. The van der Waals surface area contributed by atoms with Crippen LogP contribution in [0.25, 0.3) is 0 Å². The lowest BCUT2D eigenvalue weighted by Gasteiger charge is -1.96. The highest BCUT2D eigenvalue weighted by molar-refractivity contribution is 9.09. The van der Waals surface area contributed by atoms with Gasteiger partial charge in [0, 0.05) is 19.3 Å². The Morgan fingerprint density at radius 1 is 1.05 bits per heavy atom. The minimum Gasteiger partial charge on any atom is -0.293 e. The Hall–Kier alpha value is -1.30. The number of aromatic nitrogens is 2. The van der Waals surface area contributed by atoms with Crippen LogP contribution in [0, 0.1) is 0 Å². The number of hydrogen-bond acceptors (Lipinski definition) is 4. The van der Waals surface area contributed by atoms with E-state index in [-0.39, 0.29) is 16.9 Å². The third-order valence-corrected chi connectivity index (χ3v) is 3.36. The van der Waals surface area contributed by atoms with Gasteiger partial charge in [-0.25, -0.2) is 0 Å². The molecular formula is C14H11BrCl2N2O2. The van der Waals surface area contributed by atoms with Crippen LogP contribution in [0.5, 0.6) is 0 Å². The van der Waals surface area contributed by atoms with Crippen molar-refractivity contribution in [2.75, 3.05) is 5.33 Å². The van der Waals surface area contributed by atoms with Crippen LogP contribution in [0.2, 0.25) is 10.0 Å². The van der Waals surface area contributed by atoms with Gasteiger partial charge in [-0.15, -0.1) is 0 Å². The molecule has 0 saturated heterocycles. The molecule has 0 aliphatic heterocycles. The molecule has 0 atom stereocenters. The molecule has 2 aromatic heterocycles. The topological polar surface area (TPSA) is 59.9 Å². The monoisotopic (exact) mass is 388 g/mol. The smallest absolute Gasteiger partial charge is 0.193 e. The predicted molar refractivity (Wildman–Crippen MR) is 86.6 cm³/mol. The Morgan fingerprint density at radius 3 is 1.86 bits per heavy atom. The van der Waals surface area contributed by atoms with Gasteiger partial charge in [0.05, 0.1) is 15.4 Å². The minimum absolute atomic E-state index is 0.101. The summed E-state index contributed by atoms with van der Waals surface area (Å²) >= 11 is 14.4. The average molecular weight is 390 g/mol. The van der Waals surface area contributed by atoms with Crippen molar-refractivity contribution in [2.24, 2.45) is 0 Å². The van der Waals surface area contributed by atoms with Crippen molar-refractivity contribution in [3.63, 3.8) is 0 Å². The largest absolute Gasteiger partial charge is 0.293 e. The molecule has 0 unspecified atom stereocenters. The van der Waals surface area contributed by atoms with E-state index in [0.29, 0.717) is 21.4 Å². The van der Waals surface area contributed by atoms with E-state index in [0.717, 1.165) is 0 Å². The zero-order chi connectivity index (χ0) is 15.8. The van der Waals surface area contributed by atoms with Gasteiger partial charge in [0.1, 0.15) is 11.4 Å². The summed E-state index contributed by atoms with van der Waals surface area (Å²) in [5, 5.41) is 1.07. The molecule has 0 aliphatic rings. The molecular weight excluding hydrogens is 379 g/mol. The number of pyridine rings is 2. The third kappa shape index (κ3) is 5.53. The molecule has 0 bridgehead atoms. The standard InChI is InChI=1S/C7H5BrClNO.C7H6ClNO/c8-4-6(11)7-5(9)2-1-3-10-7;1-5(10)7-6(8)3-2-4-9-7/h1-3H,4H2;2-4H,1H3. The SMILES string of the molecule is CC(=O)c1ncccc1Cl.O=C(CBr)c1ncccc1Cl.